The minimum absolute atomic E-state index is 0.0460. The number of nitrogens with one attached hydrogen (secondary N) is 1. The summed E-state index contributed by atoms with van der Waals surface area (Å²) in [6.45, 7) is 2.02. The lowest BCUT2D eigenvalue weighted by Gasteiger charge is -2.12. The molecule has 1 aromatic heterocycles. The Labute approximate surface area is 130 Å². The molecule has 1 amide bonds. The Bertz CT molecular complexity index is 609. The molecule has 0 aliphatic rings. The van der Waals surface area contributed by atoms with Crippen molar-refractivity contribution in [1.29, 1.82) is 0 Å². The summed E-state index contributed by atoms with van der Waals surface area (Å²) >= 11 is 0. The minimum atomic E-state index is -0.0460. The second kappa shape index (κ2) is 7.45. The first-order valence-corrected chi connectivity index (χ1v) is 7.06. The maximum atomic E-state index is 12.1. The molecule has 1 atom stereocenters. The first-order valence-electron chi connectivity index (χ1n) is 7.06. The number of benzene rings is 1. The van der Waals surface area contributed by atoms with Crippen LogP contribution in [0.2, 0.25) is 0 Å². The number of pyridine rings is 1. The Morgan fingerprint density at radius 2 is 1.86 bits per heavy atom. The molecule has 0 radical (unpaired) electrons. The molecule has 1 unspecified atom stereocenters. The molecular weight excluding hydrogens is 280 g/mol. The summed E-state index contributed by atoms with van der Waals surface area (Å²) in [4.78, 5) is 16.1. The van der Waals surface area contributed by atoms with E-state index in [1.807, 2.05) is 31.2 Å². The van der Waals surface area contributed by atoms with E-state index in [9.17, 15) is 4.79 Å². The van der Waals surface area contributed by atoms with Crippen LogP contribution in [0.4, 0.5) is 5.69 Å². The van der Waals surface area contributed by atoms with Crippen LogP contribution < -0.4 is 14.8 Å². The molecule has 22 heavy (non-hydrogen) atoms. The van der Waals surface area contributed by atoms with Crippen molar-refractivity contribution in [3.8, 4) is 11.6 Å². The monoisotopic (exact) mass is 300 g/mol. The van der Waals surface area contributed by atoms with Crippen LogP contribution in [0.15, 0.2) is 42.6 Å². The number of hydrogen-bond donors (Lipinski definition) is 1. The fourth-order valence-electron chi connectivity index (χ4n) is 2.12. The highest BCUT2D eigenvalue weighted by atomic mass is 16.5. The minimum Gasteiger partial charge on any atom is -0.497 e. The molecule has 0 aliphatic heterocycles. The lowest BCUT2D eigenvalue weighted by molar-refractivity contribution is -0.116. The quantitative estimate of drug-likeness (QED) is 0.889. The summed E-state index contributed by atoms with van der Waals surface area (Å²) in [5.74, 6) is 1.40. The van der Waals surface area contributed by atoms with Gasteiger partial charge in [-0.3, -0.25) is 4.79 Å². The number of hydrogen-bond acceptors (Lipinski definition) is 4. The fraction of sp³-hybridized carbons (Fsp3) is 0.294. The molecule has 1 N–H and O–H groups in total. The van der Waals surface area contributed by atoms with Crippen LogP contribution in [-0.4, -0.2) is 25.1 Å². The highest BCUT2D eigenvalue weighted by Crippen LogP contribution is 2.22. The fourth-order valence-corrected chi connectivity index (χ4v) is 2.12. The Balaban J connectivity index is 1.92. The van der Waals surface area contributed by atoms with Crippen LogP contribution in [0.3, 0.4) is 0 Å². The Morgan fingerprint density at radius 3 is 2.41 bits per heavy atom. The molecule has 0 saturated carbocycles. The molecule has 0 bridgehead atoms. The number of aromatic nitrogens is 1. The standard InChI is InChI=1S/C17H20N2O3/c1-12(13-4-7-15(21-2)8-5-13)10-16(20)19-14-6-9-17(22-3)18-11-14/h4-9,11-12H,10H2,1-3H3,(H,19,20). The third-order valence-electron chi connectivity index (χ3n) is 3.41. The summed E-state index contributed by atoms with van der Waals surface area (Å²) < 4.78 is 10.1. The average Bonchev–Trinajstić information content (AvgIpc) is 2.55. The number of nitrogens with zero attached hydrogens (tertiary/aromatic N) is 1. The molecule has 2 aromatic rings. The van der Waals surface area contributed by atoms with Crippen LogP contribution in [0, 0.1) is 0 Å². The predicted octanol–water partition coefficient (Wildman–Crippen LogP) is 3.23. The second-order valence-corrected chi connectivity index (χ2v) is 5.02. The Morgan fingerprint density at radius 1 is 1.14 bits per heavy atom. The van der Waals surface area contributed by atoms with Gasteiger partial charge in [0.25, 0.3) is 0 Å². The van der Waals surface area contributed by atoms with Crippen molar-refractivity contribution in [1.82, 2.24) is 4.98 Å². The smallest absolute Gasteiger partial charge is 0.225 e. The third kappa shape index (κ3) is 4.22. The molecule has 0 saturated heterocycles. The van der Waals surface area contributed by atoms with Gasteiger partial charge in [0.2, 0.25) is 11.8 Å². The molecule has 5 heteroatoms. The van der Waals surface area contributed by atoms with Crippen molar-refractivity contribution in [3.05, 3.63) is 48.2 Å². The normalized spacial score (nSPS) is 11.6. The summed E-state index contributed by atoms with van der Waals surface area (Å²) in [6, 6.07) is 11.2. The van der Waals surface area contributed by atoms with E-state index >= 15 is 0 Å². The third-order valence-corrected chi connectivity index (χ3v) is 3.41. The maximum Gasteiger partial charge on any atom is 0.225 e. The van der Waals surface area contributed by atoms with E-state index in [1.54, 1.807) is 32.5 Å². The second-order valence-electron chi connectivity index (χ2n) is 5.02. The zero-order chi connectivity index (χ0) is 15.9. The van der Waals surface area contributed by atoms with Crippen molar-refractivity contribution < 1.29 is 14.3 Å². The number of carbonyl (C=O) groups is 1. The van der Waals surface area contributed by atoms with Gasteiger partial charge in [-0.1, -0.05) is 19.1 Å². The number of ether oxygens (including phenoxy) is 2. The van der Waals surface area contributed by atoms with Crippen LogP contribution in [0.5, 0.6) is 11.6 Å². The zero-order valence-electron chi connectivity index (χ0n) is 13.0. The maximum absolute atomic E-state index is 12.1. The molecule has 2 rings (SSSR count). The number of rotatable bonds is 6. The lowest BCUT2D eigenvalue weighted by Crippen LogP contribution is -2.14. The lowest BCUT2D eigenvalue weighted by atomic mass is 9.97. The molecule has 0 spiro atoms. The van der Waals surface area contributed by atoms with Gasteiger partial charge in [0, 0.05) is 12.5 Å². The van der Waals surface area contributed by atoms with Crippen molar-refractivity contribution in [2.24, 2.45) is 0 Å². The van der Waals surface area contributed by atoms with E-state index < -0.39 is 0 Å². The van der Waals surface area contributed by atoms with Gasteiger partial charge in [0.05, 0.1) is 26.1 Å². The van der Waals surface area contributed by atoms with E-state index in [0.29, 0.717) is 18.0 Å². The Kier molecular flexibility index (Phi) is 5.36. The van der Waals surface area contributed by atoms with Gasteiger partial charge in [0.15, 0.2) is 0 Å². The predicted molar refractivity (Wildman–Crippen MR) is 85.4 cm³/mol. The van der Waals surface area contributed by atoms with Gasteiger partial charge in [-0.25, -0.2) is 4.98 Å². The van der Waals surface area contributed by atoms with E-state index in [0.717, 1.165) is 11.3 Å². The van der Waals surface area contributed by atoms with E-state index in [-0.39, 0.29) is 11.8 Å². The van der Waals surface area contributed by atoms with E-state index in [1.165, 1.54) is 0 Å². The van der Waals surface area contributed by atoms with Crippen molar-refractivity contribution in [2.45, 2.75) is 19.3 Å². The van der Waals surface area contributed by atoms with Gasteiger partial charge in [-0.05, 0) is 29.7 Å². The summed E-state index contributed by atoms with van der Waals surface area (Å²) in [5, 5.41) is 2.83. The van der Waals surface area contributed by atoms with Crippen molar-refractivity contribution in [3.63, 3.8) is 0 Å². The Hall–Kier alpha value is -2.56. The average molecular weight is 300 g/mol. The molecule has 1 heterocycles. The first-order chi connectivity index (χ1) is 10.6. The molecule has 0 fully saturated rings. The molecule has 5 nitrogen and oxygen atoms in total. The highest BCUT2D eigenvalue weighted by molar-refractivity contribution is 5.91. The van der Waals surface area contributed by atoms with E-state index in [4.69, 9.17) is 9.47 Å². The van der Waals surface area contributed by atoms with Crippen molar-refractivity contribution >= 4 is 11.6 Å². The van der Waals surface area contributed by atoms with Crippen LogP contribution >= 0.6 is 0 Å². The number of amides is 1. The van der Waals surface area contributed by atoms with Gasteiger partial charge < -0.3 is 14.8 Å². The van der Waals surface area contributed by atoms with Crippen LogP contribution in [0.25, 0.3) is 0 Å². The van der Waals surface area contributed by atoms with Gasteiger partial charge in [0.1, 0.15) is 5.75 Å². The number of methoxy groups -OCH3 is 2. The molecule has 116 valence electrons. The summed E-state index contributed by atoms with van der Waals surface area (Å²) in [7, 11) is 3.19. The zero-order valence-corrected chi connectivity index (χ0v) is 13.0. The summed E-state index contributed by atoms with van der Waals surface area (Å²) in [5.41, 5.74) is 1.76. The molecular formula is C17H20N2O3. The van der Waals surface area contributed by atoms with Crippen molar-refractivity contribution in [2.75, 3.05) is 19.5 Å². The highest BCUT2D eigenvalue weighted by Gasteiger charge is 2.12. The SMILES string of the molecule is COc1ccc(C(C)CC(=O)Nc2ccc(OC)nc2)cc1. The topological polar surface area (TPSA) is 60.5 Å². The number of anilines is 1. The van der Waals surface area contributed by atoms with Gasteiger partial charge >= 0.3 is 0 Å². The van der Waals surface area contributed by atoms with E-state index in [2.05, 4.69) is 10.3 Å². The van der Waals surface area contributed by atoms with Gasteiger partial charge in [-0.2, -0.15) is 0 Å². The molecule has 1 aromatic carbocycles. The van der Waals surface area contributed by atoms with Crippen LogP contribution in [0.1, 0.15) is 24.8 Å². The van der Waals surface area contributed by atoms with Gasteiger partial charge in [-0.15, -0.1) is 0 Å². The number of carbonyl (C=O) groups excluding carboxylic acids is 1. The first kappa shape index (κ1) is 15.8. The summed E-state index contributed by atoms with van der Waals surface area (Å²) in [6.07, 6.45) is 1.98. The molecule has 0 aliphatic carbocycles. The largest absolute Gasteiger partial charge is 0.497 e. The van der Waals surface area contributed by atoms with Crippen LogP contribution in [-0.2, 0) is 4.79 Å².